The van der Waals surface area contributed by atoms with Gasteiger partial charge in [0, 0.05) is 36.3 Å². The molecule has 0 amide bonds. The van der Waals surface area contributed by atoms with E-state index in [-0.39, 0.29) is 18.0 Å². The van der Waals surface area contributed by atoms with Crippen molar-refractivity contribution >= 4 is 23.1 Å². The van der Waals surface area contributed by atoms with Crippen LogP contribution in [-0.2, 0) is 4.74 Å². The summed E-state index contributed by atoms with van der Waals surface area (Å²) in [5, 5.41) is 4.24. The summed E-state index contributed by atoms with van der Waals surface area (Å²) in [6, 6.07) is 2.00. The molecule has 5 heterocycles. The fourth-order valence-electron chi connectivity index (χ4n) is 4.97. The molecule has 29 heavy (non-hydrogen) atoms. The Morgan fingerprint density at radius 1 is 1.34 bits per heavy atom. The number of allylic oxidation sites excluding steroid dienone is 1. The first-order valence-corrected chi connectivity index (χ1v) is 10.2. The zero-order valence-corrected chi connectivity index (χ0v) is 16.6. The van der Waals surface area contributed by atoms with E-state index < -0.39 is 11.4 Å². The first-order valence-electron chi connectivity index (χ1n) is 10.2. The SMILES string of the molecule is C[C@@H]1CCC2=NC=C(F)CC2(C)[C@H]2CCCN2c2ccn3ncc(c3n2)C(=O)O1. The number of fused-ring (bicyclic) bond motifs is 5. The number of rotatable bonds is 0. The van der Waals surface area contributed by atoms with Gasteiger partial charge in [-0.2, -0.15) is 5.10 Å². The number of hydrogen-bond acceptors (Lipinski definition) is 6. The van der Waals surface area contributed by atoms with Gasteiger partial charge in [0.2, 0.25) is 0 Å². The number of esters is 1. The van der Waals surface area contributed by atoms with Gasteiger partial charge >= 0.3 is 5.97 Å². The third-order valence-corrected chi connectivity index (χ3v) is 6.51. The Hall–Kier alpha value is -2.77. The Morgan fingerprint density at radius 2 is 2.21 bits per heavy atom. The number of aliphatic imine (C=N–C) groups is 1. The number of carbonyl (C=O) groups is 1. The molecular weight excluding hydrogens is 373 g/mol. The third kappa shape index (κ3) is 2.92. The van der Waals surface area contributed by atoms with Crippen LogP contribution in [0.1, 0.15) is 56.3 Å². The lowest BCUT2D eigenvalue weighted by atomic mass is 9.71. The number of aromatic nitrogens is 3. The Labute approximate surface area is 168 Å². The van der Waals surface area contributed by atoms with Crippen molar-refractivity contribution < 1.29 is 13.9 Å². The molecule has 2 aromatic heterocycles. The van der Waals surface area contributed by atoms with Gasteiger partial charge in [0.25, 0.3) is 0 Å². The van der Waals surface area contributed by atoms with Crippen LogP contribution >= 0.6 is 0 Å². The van der Waals surface area contributed by atoms with Crippen LogP contribution in [0.25, 0.3) is 5.65 Å². The number of ether oxygens (including phenoxy) is 1. The highest BCUT2D eigenvalue weighted by molar-refractivity contribution is 5.96. The van der Waals surface area contributed by atoms with E-state index in [0.717, 1.165) is 30.9 Å². The molecule has 5 rings (SSSR count). The molecule has 3 atom stereocenters. The molecular formula is C21H24FN5O2. The number of nitrogens with zero attached hydrogens (tertiary/aromatic N) is 5. The average molecular weight is 397 g/mol. The van der Waals surface area contributed by atoms with Gasteiger partial charge < -0.3 is 9.64 Å². The minimum atomic E-state index is -0.427. The second kappa shape index (κ2) is 6.64. The van der Waals surface area contributed by atoms with Crippen molar-refractivity contribution in [2.45, 2.75) is 58.1 Å². The Kier molecular flexibility index (Phi) is 4.18. The molecule has 0 N–H and O–H groups in total. The van der Waals surface area contributed by atoms with Crippen LogP contribution < -0.4 is 4.90 Å². The summed E-state index contributed by atoms with van der Waals surface area (Å²) in [5.74, 6) is 0.166. The maximum atomic E-state index is 14.4. The molecule has 3 aliphatic rings. The summed E-state index contributed by atoms with van der Waals surface area (Å²) < 4.78 is 21.6. The molecule has 7 nitrogen and oxygen atoms in total. The molecule has 8 heteroatoms. The lowest BCUT2D eigenvalue weighted by Gasteiger charge is -2.43. The van der Waals surface area contributed by atoms with Gasteiger partial charge in [-0.25, -0.2) is 18.7 Å². The van der Waals surface area contributed by atoms with Crippen LogP contribution in [-0.4, -0.2) is 45.0 Å². The number of halogens is 1. The van der Waals surface area contributed by atoms with E-state index in [1.165, 1.54) is 12.4 Å². The van der Waals surface area contributed by atoms with E-state index in [4.69, 9.17) is 9.72 Å². The number of hydrogen-bond donors (Lipinski definition) is 0. The highest BCUT2D eigenvalue weighted by atomic mass is 19.1. The quantitative estimate of drug-likeness (QED) is 0.634. The van der Waals surface area contributed by atoms with E-state index in [9.17, 15) is 9.18 Å². The first-order chi connectivity index (χ1) is 14.0. The zero-order valence-electron chi connectivity index (χ0n) is 16.6. The molecule has 152 valence electrons. The molecule has 1 unspecified atom stereocenters. The topological polar surface area (TPSA) is 72.1 Å². The standard InChI is InChI=1S/C21H24FN5O2/c1-13-5-6-16-21(2,10-14(22)11-23-16)17-4-3-8-26(17)18-7-9-27-19(25-18)15(12-24-27)20(28)29-13/h7,9,11-13,17H,3-6,8,10H2,1-2H3/t13-,17-,21?/m1/s1. The zero-order chi connectivity index (χ0) is 20.2. The van der Waals surface area contributed by atoms with Crippen LogP contribution in [0.5, 0.6) is 0 Å². The smallest absolute Gasteiger partial charge is 0.343 e. The lowest BCUT2D eigenvalue weighted by Crippen LogP contribution is -2.49. The normalized spacial score (nSPS) is 29.9. The van der Waals surface area contributed by atoms with E-state index in [0.29, 0.717) is 30.5 Å². The van der Waals surface area contributed by atoms with Crippen molar-refractivity contribution in [2.24, 2.45) is 10.4 Å². The summed E-state index contributed by atoms with van der Waals surface area (Å²) >= 11 is 0. The molecule has 2 bridgehead atoms. The van der Waals surface area contributed by atoms with Crippen molar-refractivity contribution in [1.82, 2.24) is 14.6 Å². The van der Waals surface area contributed by atoms with Crippen molar-refractivity contribution in [2.75, 3.05) is 11.4 Å². The van der Waals surface area contributed by atoms with Crippen molar-refractivity contribution in [3.63, 3.8) is 0 Å². The molecule has 1 saturated heterocycles. The summed E-state index contributed by atoms with van der Waals surface area (Å²) in [6.45, 7) is 4.83. The third-order valence-electron chi connectivity index (χ3n) is 6.51. The van der Waals surface area contributed by atoms with E-state index in [2.05, 4.69) is 21.9 Å². The molecule has 2 aromatic rings. The fourth-order valence-corrected chi connectivity index (χ4v) is 4.97. The minimum Gasteiger partial charge on any atom is -0.459 e. The van der Waals surface area contributed by atoms with Gasteiger partial charge in [-0.15, -0.1) is 0 Å². The molecule has 3 aliphatic heterocycles. The molecule has 0 saturated carbocycles. The predicted octanol–water partition coefficient (Wildman–Crippen LogP) is 3.70. The van der Waals surface area contributed by atoms with Crippen LogP contribution in [0.4, 0.5) is 10.2 Å². The monoisotopic (exact) mass is 397 g/mol. The van der Waals surface area contributed by atoms with Crippen molar-refractivity contribution in [3.8, 4) is 0 Å². The summed E-state index contributed by atoms with van der Waals surface area (Å²) in [4.78, 5) is 24.2. The maximum Gasteiger partial charge on any atom is 0.343 e. The highest BCUT2D eigenvalue weighted by Gasteiger charge is 2.46. The van der Waals surface area contributed by atoms with E-state index in [1.54, 1.807) is 4.52 Å². The molecule has 0 aromatic carbocycles. The van der Waals surface area contributed by atoms with Gasteiger partial charge in [-0.1, -0.05) is 6.92 Å². The minimum absolute atomic E-state index is 0.0923. The van der Waals surface area contributed by atoms with Gasteiger partial charge in [0.15, 0.2) is 5.65 Å². The number of carbonyl (C=O) groups excluding carboxylic acids is 1. The second-order valence-electron chi connectivity index (χ2n) is 8.46. The molecule has 0 spiro atoms. The van der Waals surface area contributed by atoms with Crippen molar-refractivity contribution in [3.05, 3.63) is 36.1 Å². The van der Waals surface area contributed by atoms with Crippen LogP contribution in [0, 0.1) is 5.41 Å². The number of cyclic esters (lactones) is 1. The van der Waals surface area contributed by atoms with Crippen LogP contribution in [0.3, 0.4) is 0 Å². The second-order valence-corrected chi connectivity index (χ2v) is 8.46. The van der Waals surface area contributed by atoms with Gasteiger partial charge in [-0.05, 0) is 38.7 Å². The van der Waals surface area contributed by atoms with Crippen LogP contribution in [0.15, 0.2) is 35.5 Å². The fraction of sp³-hybridized carbons (Fsp3) is 0.524. The summed E-state index contributed by atoms with van der Waals surface area (Å²) in [6.07, 6.45) is 7.96. The van der Waals surface area contributed by atoms with Gasteiger partial charge in [0.1, 0.15) is 17.2 Å². The molecule has 1 fully saturated rings. The van der Waals surface area contributed by atoms with Gasteiger partial charge in [0.05, 0.1) is 18.5 Å². The Morgan fingerprint density at radius 3 is 3.07 bits per heavy atom. The van der Waals surface area contributed by atoms with E-state index in [1.807, 2.05) is 19.2 Å². The lowest BCUT2D eigenvalue weighted by molar-refractivity contribution is 0.0330. The van der Waals surface area contributed by atoms with Gasteiger partial charge in [-0.3, -0.25) is 4.99 Å². The number of anilines is 1. The largest absolute Gasteiger partial charge is 0.459 e. The molecule has 0 radical (unpaired) electrons. The highest BCUT2D eigenvalue weighted by Crippen LogP contribution is 2.44. The first kappa shape index (κ1) is 18.3. The Balaban J connectivity index is 1.66. The van der Waals surface area contributed by atoms with Crippen molar-refractivity contribution in [1.29, 1.82) is 0 Å². The average Bonchev–Trinajstić information content (AvgIpc) is 3.33. The Bertz CT molecular complexity index is 1040. The maximum absolute atomic E-state index is 14.4. The van der Waals surface area contributed by atoms with Crippen LogP contribution in [0.2, 0.25) is 0 Å². The summed E-state index contributed by atoms with van der Waals surface area (Å²) in [7, 11) is 0. The van der Waals surface area contributed by atoms with E-state index >= 15 is 0 Å². The molecule has 0 aliphatic carbocycles. The summed E-state index contributed by atoms with van der Waals surface area (Å²) in [5.41, 5.74) is 1.40. The predicted molar refractivity (Wildman–Crippen MR) is 107 cm³/mol.